The lowest BCUT2D eigenvalue weighted by Crippen LogP contribution is -2.30. The van der Waals surface area contributed by atoms with Crippen molar-refractivity contribution in [2.75, 3.05) is 13.1 Å². The molecule has 1 fully saturated rings. The highest BCUT2D eigenvalue weighted by molar-refractivity contribution is 7.15. The van der Waals surface area contributed by atoms with Crippen LogP contribution in [0.2, 0.25) is 4.47 Å². The Kier molecular flexibility index (Phi) is 5.12. The molecule has 1 aromatic rings. The number of nitrogens with one attached hydrogen (secondary N) is 2. The van der Waals surface area contributed by atoms with Crippen LogP contribution in [0.3, 0.4) is 0 Å². The van der Waals surface area contributed by atoms with Crippen LogP contribution < -0.4 is 10.6 Å². The van der Waals surface area contributed by atoms with Crippen LogP contribution in [0.4, 0.5) is 0 Å². The summed E-state index contributed by atoms with van der Waals surface area (Å²) < 4.78 is 0.626. The number of rotatable bonds is 3. The number of halogens is 2. The van der Waals surface area contributed by atoms with Crippen molar-refractivity contribution in [3.05, 3.63) is 15.5 Å². The average Bonchev–Trinajstić information content (AvgIpc) is 2.71. The zero-order chi connectivity index (χ0) is 9.10. The second-order valence-corrected chi connectivity index (χ2v) is 4.85. The third kappa shape index (κ3) is 3.37. The molecular weight excluding hydrogens is 241 g/mol. The first-order valence-corrected chi connectivity index (χ1v) is 5.58. The molecule has 14 heavy (non-hydrogen) atoms. The lowest BCUT2D eigenvalue weighted by molar-refractivity contribution is 0.550. The quantitative estimate of drug-likeness (QED) is 0.861. The summed E-state index contributed by atoms with van der Waals surface area (Å²) in [7, 11) is 0. The van der Waals surface area contributed by atoms with E-state index in [1.807, 2.05) is 6.20 Å². The summed E-state index contributed by atoms with van der Waals surface area (Å²) in [6, 6.07) is 0.612. The molecule has 0 saturated carbocycles. The SMILES string of the molecule is Cl.Clc1ncc(CN[C@H]2CCNC2)s1. The molecule has 0 unspecified atom stereocenters. The van der Waals surface area contributed by atoms with Gasteiger partial charge in [0.2, 0.25) is 0 Å². The van der Waals surface area contributed by atoms with E-state index in [0.717, 1.165) is 19.6 Å². The Bertz CT molecular complexity index is 273. The molecule has 6 heteroatoms. The maximum atomic E-state index is 5.72. The van der Waals surface area contributed by atoms with Crippen molar-refractivity contribution >= 4 is 35.3 Å². The number of hydrogen-bond acceptors (Lipinski definition) is 4. The van der Waals surface area contributed by atoms with E-state index in [2.05, 4.69) is 15.6 Å². The summed E-state index contributed by atoms with van der Waals surface area (Å²) in [6.07, 6.45) is 3.05. The first kappa shape index (κ1) is 12.2. The summed E-state index contributed by atoms with van der Waals surface area (Å²) in [5.41, 5.74) is 0. The molecule has 0 radical (unpaired) electrons. The van der Waals surface area contributed by atoms with Gasteiger partial charge in [-0.25, -0.2) is 4.98 Å². The van der Waals surface area contributed by atoms with Gasteiger partial charge in [-0.1, -0.05) is 11.6 Å². The zero-order valence-electron chi connectivity index (χ0n) is 7.62. The van der Waals surface area contributed by atoms with E-state index in [9.17, 15) is 0 Å². The van der Waals surface area contributed by atoms with E-state index < -0.39 is 0 Å². The van der Waals surface area contributed by atoms with Gasteiger partial charge in [-0.3, -0.25) is 0 Å². The van der Waals surface area contributed by atoms with Gasteiger partial charge in [0.25, 0.3) is 0 Å². The topological polar surface area (TPSA) is 37.0 Å². The molecule has 0 spiro atoms. The van der Waals surface area contributed by atoms with Gasteiger partial charge >= 0.3 is 0 Å². The first-order chi connectivity index (χ1) is 6.34. The third-order valence-corrected chi connectivity index (χ3v) is 3.27. The molecule has 3 nitrogen and oxygen atoms in total. The molecule has 0 bridgehead atoms. The molecule has 80 valence electrons. The molecule has 2 heterocycles. The Morgan fingerprint density at radius 3 is 3.14 bits per heavy atom. The van der Waals surface area contributed by atoms with Crippen LogP contribution in [0.5, 0.6) is 0 Å². The lowest BCUT2D eigenvalue weighted by atomic mass is 10.2. The summed E-state index contributed by atoms with van der Waals surface area (Å²) in [5, 5.41) is 6.77. The van der Waals surface area contributed by atoms with E-state index in [1.165, 1.54) is 11.3 Å². The maximum absolute atomic E-state index is 5.72. The van der Waals surface area contributed by atoms with Gasteiger partial charge in [-0.05, 0) is 13.0 Å². The zero-order valence-corrected chi connectivity index (χ0v) is 10.0. The minimum Gasteiger partial charge on any atom is -0.315 e. The minimum atomic E-state index is 0. The van der Waals surface area contributed by atoms with Gasteiger partial charge in [-0.15, -0.1) is 23.7 Å². The highest BCUT2D eigenvalue weighted by Crippen LogP contribution is 2.17. The Labute approximate surface area is 98.7 Å². The Hall–Kier alpha value is 0.130. The summed E-state index contributed by atoms with van der Waals surface area (Å²) in [6.45, 7) is 3.09. The van der Waals surface area contributed by atoms with Crippen molar-refractivity contribution in [2.24, 2.45) is 0 Å². The van der Waals surface area contributed by atoms with Gasteiger partial charge < -0.3 is 10.6 Å². The van der Waals surface area contributed by atoms with E-state index in [-0.39, 0.29) is 12.4 Å². The van der Waals surface area contributed by atoms with Gasteiger partial charge in [0.05, 0.1) is 0 Å². The van der Waals surface area contributed by atoms with Gasteiger partial charge in [0.1, 0.15) is 0 Å². The van der Waals surface area contributed by atoms with Crippen LogP contribution in [-0.2, 0) is 6.54 Å². The lowest BCUT2D eigenvalue weighted by Gasteiger charge is -2.08. The Balaban J connectivity index is 0.000000980. The predicted octanol–water partition coefficient (Wildman–Crippen LogP) is 1.67. The highest BCUT2D eigenvalue weighted by atomic mass is 35.5. The second-order valence-electron chi connectivity index (χ2n) is 3.15. The molecule has 1 saturated heterocycles. The summed E-state index contributed by atoms with van der Waals surface area (Å²) in [4.78, 5) is 5.20. The monoisotopic (exact) mass is 253 g/mol. The molecular formula is C8H13Cl2N3S. The second kappa shape index (κ2) is 5.88. The van der Waals surface area contributed by atoms with Crippen molar-refractivity contribution in [2.45, 2.75) is 19.0 Å². The van der Waals surface area contributed by atoms with E-state index >= 15 is 0 Å². The van der Waals surface area contributed by atoms with Crippen LogP contribution in [0.15, 0.2) is 6.20 Å². The van der Waals surface area contributed by atoms with Crippen molar-refractivity contribution < 1.29 is 0 Å². The van der Waals surface area contributed by atoms with Crippen molar-refractivity contribution in [3.63, 3.8) is 0 Å². The number of thiazole rings is 1. The first-order valence-electron chi connectivity index (χ1n) is 4.39. The molecule has 0 amide bonds. The maximum Gasteiger partial charge on any atom is 0.183 e. The van der Waals surface area contributed by atoms with E-state index in [4.69, 9.17) is 11.6 Å². The fourth-order valence-electron chi connectivity index (χ4n) is 1.44. The van der Waals surface area contributed by atoms with Crippen molar-refractivity contribution in [3.8, 4) is 0 Å². The molecule has 1 aromatic heterocycles. The summed E-state index contributed by atoms with van der Waals surface area (Å²) >= 11 is 7.27. The summed E-state index contributed by atoms with van der Waals surface area (Å²) in [5.74, 6) is 0. The number of nitrogens with zero attached hydrogens (tertiary/aromatic N) is 1. The standard InChI is InChI=1S/C8H12ClN3S.ClH/c9-8-12-5-7(13-8)4-11-6-1-2-10-3-6;/h5-6,10-11H,1-4H2;1H/t6-;/m0./s1. The smallest absolute Gasteiger partial charge is 0.183 e. The highest BCUT2D eigenvalue weighted by Gasteiger charge is 2.13. The Morgan fingerprint density at radius 2 is 2.57 bits per heavy atom. The van der Waals surface area contributed by atoms with Crippen LogP contribution in [0, 0.1) is 0 Å². The van der Waals surface area contributed by atoms with Crippen molar-refractivity contribution in [1.82, 2.24) is 15.6 Å². The molecule has 2 N–H and O–H groups in total. The van der Waals surface area contributed by atoms with Gasteiger partial charge in [-0.2, -0.15) is 0 Å². The molecule has 0 aliphatic carbocycles. The van der Waals surface area contributed by atoms with Crippen LogP contribution >= 0.6 is 35.3 Å². The van der Waals surface area contributed by atoms with E-state index in [0.29, 0.717) is 10.5 Å². The third-order valence-electron chi connectivity index (χ3n) is 2.15. The van der Waals surface area contributed by atoms with Crippen molar-refractivity contribution in [1.29, 1.82) is 0 Å². The molecule has 0 aromatic carbocycles. The molecule has 1 aliphatic rings. The normalized spacial score (nSPS) is 20.8. The largest absolute Gasteiger partial charge is 0.315 e. The number of hydrogen-bond donors (Lipinski definition) is 2. The average molecular weight is 254 g/mol. The van der Waals surface area contributed by atoms with Gasteiger partial charge in [0.15, 0.2) is 4.47 Å². The molecule has 1 aliphatic heterocycles. The Morgan fingerprint density at radius 1 is 1.71 bits per heavy atom. The number of aromatic nitrogens is 1. The minimum absolute atomic E-state index is 0. The van der Waals surface area contributed by atoms with Crippen LogP contribution in [0.25, 0.3) is 0 Å². The predicted molar refractivity (Wildman–Crippen MR) is 62.5 cm³/mol. The van der Waals surface area contributed by atoms with Gasteiger partial charge in [0, 0.05) is 30.2 Å². The molecule has 2 rings (SSSR count). The molecule has 1 atom stereocenters. The fourth-order valence-corrected chi connectivity index (χ4v) is 2.37. The fraction of sp³-hybridized carbons (Fsp3) is 0.625. The van der Waals surface area contributed by atoms with Crippen LogP contribution in [-0.4, -0.2) is 24.1 Å². The van der Waals surface area contributed by atoms with Crippen LogP contribution in [0.1, 0.15) is 11.3 Å². The van der Waals surface area contributed by atoms with E-state index in [1.54, 1.807) is 11.3 Å².